The summed E-state index contributed by atoms with van der Waals surface area (Å²) in [6.07, 6.45) is 19.5. The molecule has 0 unspecified atom stereocenters. The molecular formula is C85H108N14. The largest absolute Gasteiger partial charge is 0.324 e. The summed E-state index contributed by atoms with van der Waals surface area (Å²) in [6.45, 7) is 40.2. The Bertz CT molecular complexity index is 3790. The van der Waals surface area contributed by atoms with Gasteiger partial charge in [-0.25, -0.2) is 39.9 Å². The van der Waals surface area contributed by atoms with Gasteiger partial charge in [0.1, 0.15) is 0 Å². The van der Waals surface area contributed by atoms with Crippen LogP contribution in [0.4, 0.5) is 46.5 Å². The van der Waals surface area contributed by atoms with E-state index in [-0.39, 0.29) is 0 Å². The Labute approximate surface area is 593 Å². The molecule has 0 spiro atoms. The lowest BCUT2D eigenvalue weighted by atomic mass is 10.0. The lowest BCUT2D eigenvalue weighted by molar-refractivity contribution is 1.16. The van der Waals surface area contributed by atoms with Crippen molar-refractivity contribution in [1.29, 1.82) is 0 Å². The standard InChI is InChI=1S/C20H17N3.C17H15N3.2C16H14N4.8C2H6/c1-14-5-2-8-16(13-14)22-20-21-12-11-19(23-20)18-10-4-7-15-6-3-9-17(15)18;1-13-6-5-9-15(12-13)19-17-18-11-10-16(20-17)14-7-3-2-4-8-14;1-12-4-2-6-14(10-12)19-16-18-9-7-15(20-16)13-5-3-8-17-11-13;1-12-3-2-4-14(11-12)19-16-18-10-7-15(20-16)13-5-8-17-9-6-13;8*1-2/h2-5,7-13H,6H2,1H3,(H,21,22,23);2-12H,1H3,(H,18,19,20);2*2-11H,1H3,(H,18,19,20);8*1-2H3. The van der Waals surface area contributed by atoms with E-state index in [9.17, 15) is 0 Å². The molecule has 0 atom stereocenters. The fourth-order valence-electron chi connectivity index (χ4n) is 8.88. The number of fused-ring (bicyclic) bond motifs is 1. The molecule has 99 heavy (non-hydrogen) atoms. The number of hydrogen-bond donors (Lipinski definition) is 4. The molecule has 0 saturated carbocycles. The number of aromatic nitrogens is 10. The van der Waals surface area contributed by atoms with Crippen molar-refractivity contribution in [2.24, 2.45) is 0 Å². The third-order valence-corrected chi connectivity index (χ3v) is 12.8. The van der Waals surface area contributed by atoms with Crippen molar-refractivity contribution >= 4 is 52.6 Å². The van der Waals surface area contributed by atoms with E-state index in [1.807, 2.05) is 238 Å². The highest BCUT2D eigenvalue weighted by Crippen LogP contribution is 2.31. The van der Waals surface area contributed by atoms with Gasteiger partial charge in [0.2, 0.25) is 23.8 Å². The van der Waals surface area contributed by atoms with Crippen molar-refractivity contribution < 1.29 is 0 Å². The maximum Gasteiger partial charge on any atom is 0.227 e. The van der Waals surface area contributed by atoms with E-state index < -0.39 is 0 Å². The minimum atomic E-state index is 0.581. The summed E-state index contributed by atoms with van der Waals surface area (Å²) >= 11 is 0. The molecule has 12 aromatic rings. The summed E-state index contributed by atoms with van der Waals surface area (Å²) in [5.41, 5.74) is 19.2. The SMILES string of the molecule is CC.CC.CC.CC.CC.CC.CC.CC.Cc1cccc(Nc2nccc(-c3cccc4c3C=CC4)n2)c1.Cc1cccc(Nc2nccc(-c3ccccc3)n2)c1.Cc1cccc(Nc2nccc(-c3cccnc3)n2)c1.Cc1cccc(Nc2nccc(-c3ccncc3)n2)c1. The number of rotatable bonds is 12. The molecule has 13 rings (SSSR count). The van der Waals surface area contributed by atoms with E-state index in [1.54, 1.807) is 49.6 Å². The number of allylic oxidation sites excluding steroid dienone is 1. The van der Waals surface area contributed by atoms with Crippen LogP contribution in [-0.4, -0.2) is 49.8 Å². The zero-order valence-electron chi connectivity index (χ0n) is 62.4. The fourth-order valence-corrected chi connectivity index (χ4v) is 8.88. The molecule has 6 aromatic heterocycles. The number of anilines is 8. The molecule has 0 fully saturated rings. The molecular weight excluding hydrogens is 1220 g/mol. The normalized spacial score (nSPS) is 9.54. The number of pyridine rings is 2. The van der Waals surface area contributed by atoms with Crippen molar-refractivity contribution in [3.05, 3.63) is 283 Å². The fraction of sp³-hybridized carbons (Fsp3) is 0.247. The molecule has 4 N–H and O–H groups in total. The lowest BCUT2D eigenvalue weighted by Gasteiger charge is -2.10. The molecule has 6 aromatic carbocycles. The maximum absolute atomic E-state index is 4.69. The summed E-state index contributed by atoms with van der Waals surface area (Å²) in [5, 5.41) is 12.9. The molecule has 0 saturated heterocycles. The Balaban J connectivity index is 0.000000420. The molecule has 0 radical (unpaired) electrons. The van der Waals surface area contributed by atoms with Crippen LogP contribution in [0.3, 0.4) is 0 Å². The van der Waals surface area contributed by atoms with Crippen LogP contribution in [0.2, 0.25) is 0 Å². The second kappa shape index (κ2) is 51.2. The van der Waals surface area contributed by atoms with E-state index in [0.29, 0.717) is 23.8 Å². The monoisotopic (exact) mass is 1320 g/mol. The van der Waals surface area contributed by atoms with Gasteiger partial charge in [-0.15, -0.1) is 0 Å². The van der Waals surface area contributed by atoms with Crippen LogP contribution in [0.5, 0.6) is 0 Å². The van der Waals surface area contributed by atoms with E-state index >= 15 is 0 Å². The topological polar surface area (TPSA) is 177 Å². The van der Waals surface area contributed by atoms with Crippen LogP contribution < -0.4 is 21.3 Å². The van der Waals surface area contributed by atoms with Gasteiger partial charge in [-0.05, 0) is 165 Å². The van der Waals surface area contributed by atoms with Gasteiger partial charge < -0.3 is 21.3 Å². The number of aryl methyl sites for hydroxylation is 4. The van der Waals surface area contributed by atoms with Crippen LogP contribution in [0.25, 0.3) is 51.1 Å². The quantitative estimate of drug-likeness (QED) is 0.0908. The third-order valence-electron chi connectivity index (χ3n) is 12.8. The first kappa shape index (κ1) is 84.0. The molecule has 518 valence electrons. The highest BCUT2D eigenvalue weighted by molar-refractivity contribution is 5.78. The molecule has 0 amide bonds. The molecule has 6 heterocycles. The van der Waals surface area contributed by atoms with Gasteiger partial charge in [-0.1, -0.05) is 220 Å². The molecule has 0 aliphatic heterocycles. The van der Waals surface area contributed by atoms with E-state index in [2.05, 4.69) is 178 Å². The predicted molar refractivity (Wildman–Crippen MR) is 427 cm³/mol. The van der Waals surface area contributed by atoms with Crippen LogP contribution in [0.15, 0.2) is 250 Å². The average molecular weight is 1330 g/mol. The van der Waals surface area contributed by atoms with Crippen LogP contribution in [0.1, 0.15) is 144 Å². The van der Waals surface area contributed by atoms with Gasteiger partial charge in [0, 0.05) is 94.6 Å². The molecule has 14 nitrogen and oxygen atoms in total. The van der Waals surface area contributed by atoms with Gasteiger partial charge in [-0.3, -0.25) is 9.97 Å². The predicted octanol–water partition coefficient (Wildman–Crippen LogP) is 24.4. The minimum Gasteiger partial charge on any atom is -0.324 e. The van der Waals surface area contributed by atoms with Gasteiger partial charge in [0.05, 0.1) is 22.8 Å². The number of nitrogens with one attached hydrogen (secondary N) is 4. The zero-order chi connectivity index (χ0) is 73.0. The van der Waals surface area contributed by atoms with E-state index in [1.165, 1.54) is 33.4 Å². The zero-order valence-corrected chi connectivity index (χ0v) is 62.4. The molecule has 1 aliphatic rings. The summed E-state index contributed by atoms with van der Waals surface area (Å²) in [5.74, 6) is 2.39. The van der Waals surface area contributed by atoms with E-state index in [4.69, 9.17) is 0 Å². The Morgan fingerprint density at radius 2 is 0.626 bits per heavy atom. The number of nitrogens with zero attached hydrogens (tertiary/aromatic N) is 10. The van der Waals surface area contributed by atoms with Gasteiger partial charge in [-0.2, -0.15) is 0 Å². The Hall–Kier alpha value is -11.1. The summed E-state index contributed by atoms with van der Waals surface area (Å²) in [4.78, 5) is 43.5. The lowest BCUT2D eigenvalue weighted by Crippen LogP contribution is -1.99. The minimum absolute atomic E-state index is 0.581. The van der Waals surface area contributed by atoms with Crippen molar-refractivity contribution in [3.8, 4) is 45.0 Å². The van der Waals surface area contributed by atoms with Crippen molar-refractivity contribution in [1.82, 2.24) is 49.8 Å². The maximum atomic E-state index is 4.69. The second-order valence-electron chi connectivity index (χ2n) is 19.4. The van der Waals surface area contributed by atoms with E-state index in [0.717, 1.165) is 74.2 Å². The first-order chi connectivity index (χ1) is 48.7. The summed E-state index contributed by atoms with van der Waals surface area (Å²) in [7, 11) is 0. The highest BCUT2D eigenvalue weighted by atomic mass is 15.1. The van der Waals surface area contributed by atoms with Gasteiger partial charge >= 0.3 is 0 Å². The van der Waals surface area contributed by atoms with Gasteiger partial charge in [0.25, 0.3) is 0 Å². The number of benzene rings is 6. The average Bonchev–Trinajstić information content (AvgIpc) is 1.75. The molecule has 0 bridgehead atoms. The highest BCUT2D eigenvalue weighted by Gasteiger charge is 2.13. The first-order valence-electron chi connectivity index (χ1n) is 35.0. The Kier molecular flexibility index (Phi) is 43.4. The summed E-state index contributed by atoms with van der Waals surface area (Å²) < 4.78 is 0. The Morgan fingerprint density at radius 1 is 0.283 bits per heavy atom. The number of hydrogen-bond acceptors (Lipinski definition) is 14. The molecule has 14 heteroatoms. The Morgan fingerprint density at radius 3 is 1.00 bits per heavy atom. The summed E-state index contributed by atoms with van der Waals surface area (Å²) in [6, 6.07) is 64.4. The van der Waals surface area contributed by atoms with Crippen LogP contribution >= 0.6 is 0 Å². The molecule has 1 aliphatic carbocycles. The smallest absolute Gasteiger partial charge is 0.227 e. The van der Waals surface area contributed by atoms with Crippen molar-refractivity contribution in [2.75, 3.05) is 21.3 Å². The first-order valence-corrected chi connectivity index (χ1v) is 35.0. The van der Waals surface area contributed by atoms with Crippen LogP contribution in [0, 0.1) is 27.7 Å². The van der Waals surface area contributed by atoms with Crippen molar-refractivity contribution in [2.45, 2.75) is 145 Å². The van der Waals surface area contributed by atoms with Crippen molar-refractivity contribution in [3.63, 3.8) is 0 Å². The second-order valence-corrected chi connectivity index (χ2v) is 19.4. The third kappa shape index (κ3) is 29.8. The van der Waals surface area contributed by atoms with Gasteiger partial charge in [0.15, 0.2) is 0 Å². The van der Waals surface area contributed by atoms with Crippen LogP contribution in [-0.2, 0) is 6.42 Å².